The topological polar surface area (TPSA) is 20.2 Å². The average Bonchev–Trinajstić information content (AvgIpc) is 2.58. The minimum atomic E-state index is 0.321. The van der Waals surface area contributed by atoms with Crippen LogP contribution in [-0.4, -0.2) is 5.11 Å². The van der Waals surface area contributed by atoms with Crippen LogP contribution in [0.2, 0.25) is 0 Å². The van der Waals surface area contributed by atoms with Crippen LogP contribution < -0.4 is 0 Å². The second-order valence-corrected chi connectivity index (χ2v) is 2.84. The molecular formula is C11H10O. The summed E-state index contributed by atoms with van der Waals surface area (Å²) in [6.07, 6.45) is 7.43. The van der Waals surface area contributed by atoms with E-state index in [-0.39, 0.29) is 0 Å². The summed E-state index contributed by atoms with van der Waals surface area (Å²) in [5, 5.41) is 9.06. The van der Waals surface area contributed by atoms with Crippen LogP contribution in [-0.2, 0) is 0 Å². The lowest BCUT2D eigenvalue weighted by Crippen LogP contribution is -1.76. The molecule has 0 fully saturated rings. The van der Waals surface area contributed by atoms with Crippen molar-refractivity contribution in [2.45, 2.75) is 6.42 Å². The standard InChI is InChI=1S/C11H10O/c12-11-7-5-10(6-8-11)9-3-1-2-4-9/h1,3-8,12H,2H2. The highest BCUT2D eigenvalue weighted by Crippen LogP contribution is 2.22. The molecule has 60 valence electrons. The SMILES string of the molecule is Oc1ccc(C2=CCC=C2)cc1. The highest BCUT2D eigenvalue weighted by Gasteiger charge is 2.00. The Balaban J connectivity index is 2.35. The molecule has 0 aromatic heterocycles. The molecule has 1 nitrogen and oxygen atoms in total. The Kier molecular flexibility index (Phi) is 1.71. The molecule has 0 saturated carbocycles. The van der Waals surface area contributed by atoms with E-state index in [9.17, 15) is 0 Å². The Morgan fingerprint density at radius 3 is 2.42 bits per heavy atom. The van der Waals surface area contributed by atoms with Crippen molar-refractivity contribution in [1.29, 1.82) is 0 Å². The Morgan fingerprint density at radius 2 is 1.83 bits per heavy atom. The Labute approximate surface area is 71.7 Å². The zero-order valence-electron chi connectivity index (χ0n) is 6.70. The van der Waals surface area contributed by atoms with Crippen molar-refractivity contribution in [3.63, 3.8) is 0 Å². The average molecular weight is 158 g/mol. The summed E-state index contributed by atoms with van der Waals surface area (Å²) in [5.74, 6) is 0.321. The first-order valence-corrected chi connectivity index (χ1v) is 4.02. The van der Waals surface area contributed by atoms with Gasteiger partial charge in [0.2, 0.25) is 0 Å². The smallest absolute Gasteiger partial charge is 0.115 e. The van der Waals surface area contributed by atoms with Gasteiger partial charge in [0, 0.05) is 0 Å². The van der Waals surface area contributed by atoms with Crippen molar-refractivity contribution in [3.8, 4) is 5.75 Å². The summed E-state index contributed by atoms with van der Waals surface area (Å²) < 4.78 is 0. The number of hydrogen-bond acceptors (Lipinski definition) is 1. The highest BCUT2D eigenvalue weighted by molar-refractivity contribution is 5.76. The number of phenols is 1. The Bertz CT molecular complexity index is 331. The summed E-state index contributed by atoms with van der Waals surface area (Å²) in [4.78, 5) is 0. The highest BCUT2D eigenvalue weighted by atomic mass is 16.3. The van der Waals surface area contributed by atoms with E-state index in [1.54, 1.807) is 12.1 Å². The molecular weight excluding hydrogens is 148 g/mol. The van der Waals surface area contributed by atoms with Crippen LogP contribution in [0.1, 0.15) is 12.0 Å². The molecule has 0 atom stereocenters. The van der Waals surface area contributed by atoms with Gasteiger partial charge in [-0.15, -0.1) is 0 Å². The van der Waals surface area contributed by atoms with E-state index in [1.165, 1.54) is 11.1 Å². The molecule has 1 heteroatoms. The van der Waals surface area contributed by atoms with Crippen LogP contribution >= 0.6 is 0 Å². The van der Waals surface area contributed by atoms with Crippen LogP contribution in [0.25, 0.3) is 5.57 Å². The summed E-state index contributed by atoms with van der Waals surface area (Å²) >= 11 is 0. The largest absolute Gasteiger partial charge is 0.508 e. The fraction of sp³-hybridized carbons (Fsp3) is 0.0909. The van der Waals surface area contributed by atoms with Crippen LogP contribution in [0.3, 0.4) is 0 Å². The fourth-order valence-electron chi connectivity index (χ4n) is 1.33. The van der Waals surface area contributed by atoms with E-state index < -0.39 is 0 Å². The zero-order valence-corrected chi connectivity index (χ0v) is 6.70. The third kappa shape index (κ3) is 1.26. The number of aromatic hydroxyl groups is 1. The van der Waals surface area contributed by atoms with E-state index in [0.29, 0.717) is 5.75 Å². The first-order chi connectivity index (χ1) is 5.86. The Morgan fingerprint density at radius 1 is 1.08 bits per heavy atom. The van der Waals surface area contributed by atoms with E-state index in [0.717, 1.165) is 6.42 Å². The van der Waals surface area contributed by atoms with Crippen molar-refractivity contribution >= 4 is 5.57 Å². The third-order valence-corrected chi connectivity index (χ3v) is 1.97. The van der Waals surface area contributed by atoms with Crippen LogP contribution in [0.4, 0.5) is 0 Å². The first-order valence-electron chi connectivity index (χ1n) is 4.02. The van der Waals surface area contributed by atoms with E-state index in [2.05, 4.69) is 18.2 Å². The van der Waals surface area contributed by atoms with Crippen molar-refractivity contribution in [1.82, 2.24) is 0 Å². The molecule has 1 aromatic carbocycles. The molecule has 0 unspecified atom stereocenters. The molecule has 0 heterocycles. The summed E-state index contributed by atoms with van der Waals surface area (Å²) in [5.41, 5.74) is 2.41. The van der Waals surface area contributed by atoms with Crippen LogP contribution in [0, 0.1) is 0 Å². The molecule has 0 amide bonds. The maximum atomic E-state index is 9.06. The minimum absolute atomic E-state index is 0.321. The molecule has 1 aromatic rings. The lowest BCUT2D eigenvalue weighted by atomic mass is 10.1. The van der Waals surface area contributed by atoms with Gasteiger partial charge in [0.25, 0.3) is 0 Å². The van der Waals surface area contributed by atoms with Crippen molar-refractivity contribution in [2.24, 2.45) is 0 Å². The van der Waals surface area contributed by atoms with E-state index >= 15 is 0 Å². The van der Waals surface area contributed by atoms with Gasteiger partial charge in [-0.2, -0.15) is 0 Å². The maximum absolute atomic E-state index is 9.06. The summed E-state index contributed by atoms with van der Waals surface area (Å²) in [6, 6.07) is 7.28. The van der Waals surface area contributed by atoms with E-state index in [1.807, 2.05) is 12.1 Å². The van der Waals surface area contributed by atoms with Crippen molar-refractivity contribution in [2.75, 3.05) is 0 Å². The van der Waals surface area contributed by atoms with Gasteiger partial charge in [-0.1, -0.05) is 30.4 Å². The van der Waals surface area contributed by atoms with Gasteiger partial charge in [-0.05, 0) is 29.7 Å². The lowest BCUT2D eigenvalue weighted by molar-refractivity contribution is 0.475. The molecule has 1 aliphatic rings. The third-order valence-electron chi connectivity index (χ3n) is 1.97. The number of phenolic OH excluding ortho intramolecular Hbond substituents is 1. The zero-order chi connectivity index (χ0) is 8.39. The number of hydrogen-bond donors (Lipinski definition) is 1. The number of benzene rings is 1. The van der Waals surface area contributed by atoms with Gasteiger partial charge in [0.05, 0.1) is 0 Å². The lowest BCUT2D eigenvalue weighted by Gasteiger charge is -1.98. The first kappa shape index (κ1) is 7.17. The van der Waals surface area contributed by atoms with Gasteiger partial charge < -0.3 is 5.11 Å². The molecule has 12 heavy (non-hydrogen) atoms. The van der Waals surface area contributed by atoms with Crippen molar-refractivity contribution in [3.05, 3.63) is 48.1 Å². The normalized spacial score (nSPS) is 14.8. The predicted molar refractivity (Wildman–Crippen MR) is 49.8 cm³/mol. The maximum Gasteiger partial charge on any atom is 0.115 e. The monoisotopic (exact) mass is 158 g/mol. The summed E-state index contributed by atoms with van der Waals surface area (Å²) in [6.45, 7) is 0. The van der Waals surface area contributed by atoms with Gasteiger partial charge in [-0.25, -0.2) is 0 Å². The Hall–Kier alpha value is -1.50. The molecule has 0 aliphatic heterocycles. The predicted octanol–water partition coefficient (Wildman–Crippen LogP) is 2.74. The molecule has 0 bridgehead atoms. The van der Waals surface area contributed by atoms with Gasteiger partial charge >= 0.3 is 0 Å². The van der Waals surface area contributed by atoms with Crippen molar-refractivity contribution < 1.29 is 5.11 Å². The molecule has 0 saturated heterocycles. The van der Waals surface area contributed by atoms with Crippen LogP contribution in [0.15, 0.2) is 42.5 Å². The molecule has 0 radical (unpaired) electrons. The van der Waals surface area contributed by atoms with Gasteiger partial charge in [0.1, 0.15) is 5.75 Å². The molecule has 1 aliphatic carbocycles. The second-order valence-electron chi connectivity index (χ2n) is 2.84. The number of allylic oxidation sites excluding steroid dienone is 4. The fourth-order valence-corrected chi connectivity index (χ4v) is 1.33. The minimum Gasteiger partial charge on any atom is -0.508 e. The molecule has 0 spiro atoms. The number of rotatable bonds is 1. The van der Waals surface area contributed by atoms with Gasteiger partial charge in [-0.3, -0.25) is 0 Å². The molecule has 2 rings (SSSR count). The van der Waals surface area contributed by atoms with E-state index in [4.69, 9.17) is 5.11 Å². The van der Waals surface area contributed by atoms with Gasteiger partial charge in [0.15, 0.2) is 0 Å². The van der Waals surface area contributed by atoms with Crippen LogP contribution in [0.5, 0.6) is 5.75 Å². The quantitative estimate of drug-likeness (QED) is 0.666. The second kappa shape index (κ2) is 2.86. The summed E-state index contributed by atoms with van der Waals surface area (Å²) in [7, 11) is 0. The molecule has 1 N–H and O–H groups in total.